The number of ether oxygens (including phenoxy) is 4. The number of nitrogens with two attached hydrogens (primary N) is 1. The van der Waals surface area contributed by atoms with Crippen LogP contribution in [0.4, 0.5) is 4.79 Å². The molecule has 5 heterocycles. The first kappa shape index (κ1) is 44.6. The van der Waals surface area contributed by atoms with Crippen LogP contribution in [0.3, 0.4) is 0 Å². The van der Waals surface area contributed by atoms with Gasteiger partial charge < -0.3 is 55.1 Å². The highest BCUT2D eigenvalue weighted by atomic mass is 16.7. The average molecular weight is 906 g/mol. The lowest BCUT2D eigenvalue weighted by molar-refractivity contribution is -0.601. The summed E-state index contributed by atoms with van der Waals surface area (Å²) in [5.74, 6) is -1.18. The summed E-state index contributed by atoms with van der Waals surface area (Å²) >= 11 is 0. The van der Waals surface area contributed by atoms with Crippen molar-refractivity contribution in [2.45, 2.75) is 127 Å². The molecule has 0 aromatic heterocycles. The second-order valence-corrected chi connectivity index (χ2v) is 19.6. The first-order valence-electron chi connectivity index (χ1n) is 23.8. The Hall–Kier alpha value is -5.23. The number of aryl methyl sites for hydroxylation is 1. The Bertz CT molecular complexity index is 2390. The van der Waals surface area contributed by atoms with E-state index in [9.17, 15) is 19.5 Å². The quantitative estimate of drug-likeness (QED) is 0.163. The molecule has 352 valence electrons. The van der Waals surface area contributed by atoms with E-state index in [2.05, 4.69) is 57.8 Å². The van der Waals surface area contributed by atoms with E-state index in [1.807, 2.05) is 54.0 Å². The zero-order valence-corrected chi connectivity index (χ0v) is 38.7. The third kappa shape index (κ3) is 7.98. The summed E-state index contributed by atoms with van der Waals surface area (Å²) in [7, 11) is 2.74. The van der Waals surface area contributed by atoms with Crippen LogP contribution in [0.2, 0.25) is 0 Å². The molecule has 16 heteroatoms. The van der Waals surface area contributed by atoms with Gasteiger partial charge in [0.15, 0.2) is 5.79 Å². The number of allylic oxidation sites excluding steroid dienone is 6. The second-order valence-electron chi connectivity index (χ2n) is 19.6. The third-order valence-corrected chi connectivity index (χ3v) is 15.3. The minimum absolute atomic E-state index is 0.0136. The molecule has 3 amide bonds. The van der Waals surface area contributed by atoms with Crippen molar-refractivity contribution < 1.29 is 43.8 Å². The summed E-state index contributed by atoms with van der Waals surface area (Å²) in [5.41, 5.74) is 12.4. The van der Waals surface area contributed by atoms with Crippen LogP contribution >= 0.6 is 0 Å². The first-order chi connectivity index (χ1) is 31.9. The van der Waals surface area contributed by atoms with Crippen molar-refractivity contribution in [1.82, 2.24) is 36.4 Å². The lowest BCUT2D eigenvalue weighted by Gasteiger charge is -2.41. The molecule has 66 heavy (non-hydrogen) atoms. The van der Waals surface area contributed by atoms with Gasteiger partial charge >= 0.3 is 6.09 Å². The molecule has 0 radical (unpaired) electrons. The SMILES string of the molecule is COC(=O)[NH2+]C(C(=O)N1CC2(CC1(C)C1NC3=C(N1)C1=C(C=C(c4ccc5c(c4)CCC4=C5NC(C5CCCN5C(=O)C(NC(O)OC)C(C)C)N4)CC1)CC3)OCCO2)c1ccccc1. The molecule has 1 spiro atoms. The Labute approximate surface area is 386 Å². The number of carbonyl (C=O) groups excluding carboxylic acids is 3. The van der Waals surface area contributed by atoms with Crippen LogP contribution in [0.1, 0.15) is 100 Å². The monoisotopic (exact) mass is 905 g/mol. The highest BCUT2D eigenvalue weighted by Crippen LogP contribution is 2.48. The van der Waals surface area contributed by atoms with E-state index >= 15 is 0 Å². The van der Waals surface area contributed by atoms with Crippen LogP contribution in [0.15, 0.2) is 82.8 Å². The van der Waals surface area contributed by atoms with Crippen LogP contribution in [-0.4, -0.2) is 115 Å². The van der Waals surface area contributed by atoms with Crippen molar-refractivity contribution in [3.63, 3.8) is 0 Å². The van der Waals surface area contributed by atoms with Gasteiger partial charge in [-0.25, -0.2) is 5.32 Å². The molecule has 3 aliphatic carbocycles. The van der Waals surface area contributed by atoms with Crippen molar-refractivity contribution in [2.75, 3.05) is 40.5 Å². The van der Waals surface area contributed by atoms with Crippen molar-refractivity contribution in [2.24, 2.45) is 5.92 Å². The Morgan fingerprint density at radius 1 is 0.909 bits per heavy atom. The summed E-state index contributed by atoms with van der Waals surface area (Å²) in [4.78, 5) is 45.2. The first-order valence-corrected chi connectivity index (χ1v) is 23.8. The van der Waals surface area contributed by atoms with Gasteiger partial charge in [-0.1, -0.05) is 68.5 Å². The second kappa shape index (κ2) is 17.8. The molecule has 3 fully saturated rings. The number of primary amides is 1. The number of nitrogens with one attached hydrogen (secondary N) is 5. The smallest absolute Gasteiger partial charge is 0.423 e. The van der Waals surface area contributed by atoms with Gasteiger partial charge in [-0.15, -0.1) is 0 Å². The van der Waals surface area contributed by atoms with E-state index < -0.39 is 35.9 Å². The number of fused-ring (bicyclic) bond motifs is 3. The summed E-state index contributed by atoms with van der Waals surface area (Å²) in [6, 6.07) is 14.9. The van der Waals surface area contributed by atoms with Gasteiger partial charge in [-0.2, -0.15) is 4.79 Å². The maximum Gasteiger partial charge on any atom is 0.513 e. The zero-order valence-electron chi connectivity index (χ0n) is 38.7. The molecule has 2 aromatic carbocycles. The minimum atomic E-state index is -1.21. The topological polar surface area (TPSA) is 192 Å². The summed E-state index contributed by atoms with van der Waals surface area (Å²) in [5, 5.41) is 29.8. The van der Waals surface area contributed by atoms with Gasteiger partial charge in [0.1, 0.15) is 12.3 Å². The number of nitrogens with zero attached hydrogens (tertiary/aromatic N) is 2. The van der Waals surface area contributed by atoms with E-state index in [1.54, 1.807) is 0 Å². The fourth-order valence-corrected chi connectivity index (χ4v) is 11.8. The number of likely N-dealkylation sites (tertiary alicyclic amines) is 2. The number of benzene rings is 2. The average Bonchev–Trinajstić information content (AvgIpc) is 4.20. The molecular weight excluding hydrogens is 841 g/mol. The van der Waals surface area contributed by atoms with Gasteiger partial charge in [0, 0.05) is 42.6 Å². The summed E-state index contributed by atoms with van der Waals surface area (Å²) in [6.45, 7) is 7.90. The number of rotatable bonds is 11. The lowest BCUT2D eigenvalue weighted by Crippen LogP contribution is -2.91. The van der Waals surface area contributed by atoms with E-state index in [4.69, 9.17) is 18.9 Å². The summed E-state index contributed by atoms with van der Waals surface area (Å²) in [6.07, 6.45) is 7.92. The molecule has 0 bridgehead atoms. The van der Waals surface area contributed by atoms with Crippen molar-refractivity contribution in [3.8, 4) is 0 Å². The predicted molar refractivity (Wildman–Crippen MR) is 245 cm³/mol. The van der Waals surface area contributed by atoms with Crippen molar-refractivity contribution in [3.05, 3.63) is 105 Å². The number of aliphatic hydroxyl groups is 1. The highest BCUT2D eigenvalue weighted by Gasteiger charge is 2.61. The molecule has 7 unspecified atom stereocenters. The molecule has 8 aliphatic rings. The Kier molecular flexibility index (Phi) is 12.0. The van der Waals surface area contributed by atoms with Crippen LogP contribution < -0.4 is 31.9 Å². The van der Waals surface area contributed by atoms with Gasteiger partial charge in [0.2, 0.25) is 18.4 Å². The van der Waals surface area contributed by atoms with E-state index in [0.29, 0.717) is 31.7 Å². The largest absolute Gasteiger partial charge is 0.513 e. The Morgan fingerprint density at radius 2 is 1.68 bits per heavy atom. The van der Waals surface area contributed by atoms with Crippen molar-refractivity contribution >= 4 is 29.2 Å². The van der Waals surface area contributed by atoms with Crippen LogP contribution in [0.5, 0.6) is 0 Å². The molecule has 16 nitrogen and oxygen atoms in total. The van der Waals surface area contributed by atoms with Gasteiger partial charge in [0.25, 0.3) is 5.91 Å². The molecular formula is C50H65N8O8+. The van der Waals surface area contributed by atoms with Crippen molar-refractivity contribution in [1.29, 1.82) is 0 Å². The number of quaternary nitrogens is 1. The molecule has 3 saturated heterocycles. The molecule has 2 aromatic rings. The van der Waals surface area contributed by atoms with Gasteiger partial charge in [-0.3, -0.25) is 14.9 Å². The predicted octanol–water partition coefficient (Wildman–Crippen LogP) is 3.15. The van der Waals surface area contributed by atoms with Crippen LogP contribution in [0.25, 0.3) is 11.3 Å². The minimum Gasteiger partial charge on any atom is -0.423 e. The van der Waals surface area contributed by atoms with Crippen LogP contribution in [-0.2, 0) is 35.0 Å². The maximum atomic E-state index is 14.8. The Balaban J connectivity index is 0.848. The Morgan fingerprint density at radius 3 is 2.44 bits per heavy atom. The number of hydrogen-bond donors (Lipinski definition) is 7. The zero-order chi connectivity index (χ0) is 45.9. The van der Waals surface area contributed by atoms with Gasteiger partial charge in [0.05, 0.1) is 55.9 Å². The normalized spacial score (nSPS) is 27.6. The fourth-order valence-electron chi connectivity index (χ4n) is 11.8. The highest BCUT2D eigenvalue weighted by molar-refractivity contribution is 5.85. The fraction of sp³-hybridized carbons (Fsp3) is 0.540. The number of aliphatic hydroxyl groups excluding tert-OH is 1. The standard InChI is InChI=1S/C50H64N8O8/c1-28(2)39(55-47(61)63-4)44(59)57-21-9-12-38(57)43-51-36-19-15-32-24-30(13-17-34(32)41(36)53-43)31-14-18-35-33(25-31)16-20-37-42(35)54-46(52-37)49(3)26-50(65-22-23-66-50)27-58(49)45(60)40(56-48(62)64-5)29-10-7-6-8-11-29/h6-8,10-11,13,17,24-25,28,38-40,43,46-47,51-55,61H,9,12,14-16,18-23,26-27H2,1-5H3,(H,56,62)/p+1. The summed E-state index contributed by atoms with van der Waals surface area (Å²) < 4.78 is 22.6. The molecule has 8 N–H and O–H groups in total. The maximum absolute atomic E-state index is 14.8. The van der Waals surface area contributed by atoms with Crippen LogP contribution in [0, 0.1) is 5.92 Å². The number of hydrogen-bond acceptors (Lipinski definition) is 13. The molecule has 7 atom stereocenters. The third-order valence-electron chi connectivity index (χ3n) is 15.3. The number of carbonyl (C=O) groups is 3. The molecule has 0 saturated carbocycles. The van der Waals surface area contributed by atoms with E-state index in [-0.39, 0.29) is 42.7 Å². The number of amides is 3. The number of methoxy groups -OCH3 is 2. The van der Waals surface area contributed by atoms with E-state index in [0.717, 1.165) is 62.8 Å². The lowest BCUT2D eigenvalue weighted by atomic mass is 9.81. The van der Waals surface area contributed by atoms with Gasteiger partial charge in [-0.05, 0) is 92.1 Å². The molecule has 10 rings (SSSR count). The van der Waals surface area contributed by atoms with E-state index in [1.165, 1.54) is 64.3 Å². The molecule has 5 aliphatic heterocycles.